The van der Waals surface area contributed by atoms with Gasteiger partial charge in [0, 0.05) is 30.4 Å². The van der Waals surface area contributed by atoms with Crippen molar-refractivity contribution < 1.29 is 9.59 Å². The number of hydrogen-bond donors (Lipinski definition) is 1. The number of nitrogens with zero attached hydrogens (tertiary/aromatic N) is 1. The quantitative estimate of drug-likeness (QED) is 0.697. The average Bonchev–Trinajstić information content (AvgIpc) is 2.71. The fourth-order valence-electron chi connectivity index (χ4n) is 2.94. The molecule has 0 unspecified atom stereocenters. The van der Waals surface area contributed by atoms with E-state index >= 15 is 0 Å². The van der Waals surface area contributed by atoms with Crippen LogP contribution in [0.2, 0.25) is 0 Å². The van der Waals surface area contributed by atoms with Gasteiger partial charge in [0.05, 0.1) is 0 Å². The maximum atomic E-state index is 12.6. The fourth-order valence-corrected chi connectivity index (χ4v) is 2.94. The lowest BCUT2D eigenvalue weighted by atomic mass is 10.1. The van der Waals surface area contributed by atoms with Crippen molar-refractivity contribution in [1.29, 1.82) is 0 Å². The van der Waals surface area contributed by atoms with E-state index in [1.54, 1.807) is 36.2 Å². The topological polar surface area (TPSA) is 49.4 Å². The van der Waals surface area contributed by atoms with Crippen LogP contribution < -0.4 is 5.32 Å². The summed E-state index contributed by atoms with van der Waals surface area (Å²) in [7, 11) is 1.77. The van der Waals surface area contributed by atoms with Gasteiger partial charge in [0.15, 0.2) is 0 Å². The largest absolute Gasteiger partial charge is 0.337 e. The maximum absolute atomic E-state index is 12.6. The molecule has 0 atom stereocenters. The number of aryl methyl sites for hydroxylation is 2. The third-order valence-electron chi connectivity index (χ3n) is 4.77. The molecule has 0 aliphatic heterocycles. The third kappa shape index (κ3) is 4.65. The molecule has 0 saturated carbocycles. The van der Waals surface area contributed by atoms with Gasteiger partial charge in [0.2, 0.25) is 0 Å². The number of nitrogens with one attached hydrogen (secondary N) is 1. The van der Waals surface area contributed by atoms with E-state index in [0.29, 0.717) is 17.7 Å². The number of carbonyl (C=O) groups is 2. The van der Waals surface area contributed by atoms with Gasteiger partial charge in [-0.1, -0.05) is 36.4 Å². The molecule has 28 heavy (non-hydrogen) atoms. The molecule has 0 bridgehead atoms. The summed E-state index contributed by atoms with van der Waals surface area (Å²) in [6, 6.07) is 22.4. The molecule has 0 aliphatic carbocycles. The number of amides is 2. The van der Waals surface area contributed by atoms with Crippen LogP contribution in [-0.2, 0) is 6.54 Å². The first-order valence-electron chi connectivity index (χ1n) is 9.22. The first-order valence-corrected chi connectivity index (χ1v) is 9.22. The zero-order valence-corrected chi connectivity index (χ0v) is 16.4. The van der Waals surface area contributed by atoms with Crippen molar-refractivity contribution in [2.45, 2.75) is 20.4 Å². The molecule has 0 spiro atoms. The highest BCUT2D eigenvalue weighted by Crippen LogP contribution is 2.16. The summed E-state index contributed by atoms with van der Waals surface area (Å²) in [5.74, 6) is -0.273. The highest BCUT2D eigenvalue weighted by molar-refractivity contribution is 6.05. The molecule has 0 heterocycles. The molecule has 0 fully saturated rings. The SMILES string of the molecule is Cc1ccc(NC(=O)c2ccc(C(=O)N(C)Cc3ccccc3)cc2)cc1C. The van der Waals surface area contributed by atoms with E-state index in [9.17, 15) is 9.59 Å². The summed E-state index contributed by atoms with van der Waals surface area (Å²) in [5, 5.41) is 2.90. The van der Waals surface area contributed by atoms with Gasteiger partial charge in [-0.25, -0.2) is 0 Å². The molecule has 1 N–H and O–H groups in total. The van der Waals surface area contributed by atoms with Crippen molar-refractivity contribution in [2.24, 2.45) is 0 Å². The lowest BCUT2D eigenvalue weighted by Crippen LogP contribution is -2.26. The molecule has 0 radical (unpaired) electrons. The van der Waals surface area contributed by atoms with Crippen LogP contribution in [0.4, 0.5) is 5.69 Å². The molecular weight excluding hydrogens is 348 g/mol. The van der Waals surface area contributed by atoms with Crippen LogP contribution in [-0.4, -0.2) is 23.8 Å². The zero-order chi connectivity index (χ0) is 20.1. The minimum Gasteiger partial charge on any atom is -0.337 e. The molecule has 3 aromatic carbocycles. The van der Waals surface area contributed by atoms with E-state index in [0.717, 1.165) is 16.8 Å². The number of rotatable bonds is 5. The zero-order valence-electron chi connectivity index (χ0n) is 16.4. The van der Waals surface area contributed by atoms with Gasteiger partial charge in [-0.3, -0.25) is 9.59 Å². The Hall–Kier alpha value is -3.40. The van der Waals surface area contributed by atoms with Crippen LogP contribution in [0.25, 0.3) is 0 Å². The third-order valence-corrected chi connectivity index (χ3v) is 4.77. The second-order valence-corrected chi connectivity index (χ2v) is 6.98. The number of hydrogen-bond acceptors (Lipinski definition) is 2. The van der Waals surface area contributed by atoms with Crippen LogP contribution in [0.5, 0.6) is 0 Å². The van der Waals surface area contributed by atoms with Crippen molar-refractivity contribution in [3.8, 4) is 0 Å². The van der Waals surface area contributed by atoms with Crippen molar-refractivity contribution in [3.05, 3.63) is 101 Å². The van der Waals surface area contributed by atoms with Crippen LogP contribution in [0.3, 0.4) is 0 Å². The average molecular weight is 372 g/mol. The molecule has 3 aromatic rings. The van der Waals surface area contributed by atoms with Crippen molar-refractivity contribution in [2.75, 3.05) is 12.4 Å². The van der Waals surface area contributed by atoms with Crippen molar-refractivity contribution >= 4 is 17.5 Å². The van der Waals surface area contributed by atoms with Gasteiger partial charge in [0.25, 0.3) is 11.8 Å². The van der Waals surface area contributed by atoms with Crippen LogP contribution >= 0.6 is 0 Å². The van der Waals surface area contributed by atoms with E-state index in [1.165, 1.54) is 5.56 Å². The summed E-state index contributed by atoms with van der Waals surface area (Å²) in [5.41, 5.74) is 5.21. The van der Waals surface area contributed by atoms with Gasteiger partial charge in [-0.2, -0.15) is 0 Å². The maximum Gasteiger partial charge on any atom is 0.255 e. The summed E-state index contributed by atoms with van der Waals surface area (Å²) in [6.07, 6.45) is 0. The molecule has 4 nitrogen and oxygen atoms in total. The molecular formula is C24H24N2O2. The predicted octanol–water partition coefficient (Wildman–Crippen LogP) is 4.83. The minimum atomic E-state index is -0.195. The Labute approximate surface area is 165 Å². The first-order chi connectivity index (χ1) is 13.4. The lowest BCUT2D eigenvalue weighted by Gasteiger charge is -2.17. The van der Waals surface area contributed by atoms with Crippen LogP contribution in [0, 0.1) is 13.8 Å². The summed E-state index contributed by atoms with van der Waals surface area (Å²) < 4.78 is 0. The second kappa shape index (κ2) is 8.53. The van der Waals surface area contributed by atoms with Gasteiger partial charge < -0.3 is 10.2 Å². The summed E-state index contributed by atoms with van der Waals surface area (Å²) in [6.45, 7) is 4.58. The number of anilines is 1. The molecule has 0 aliphatic rings. The Morgan fingerprint density at radius 3 is 2.11 bits per heavy atom. The Balaban J connectivity index is 1.65. The first kappa shape index (κ1) is 19.4. The van der Waals surface area contributed by atoms with E-state index in [1.807, 2.05) is 62.4 Å². The van der Waals surface area contributed by atoms with E-state index < -0.39 is 0 Å². The standard InChI is InChI=1S/C24H24N2O2/c1-17-9-14-22(15-18(17)2)25-23(27)20-10-12-21(13-11-20)24(28)26(3)16-19-7-5-4-6-8-19/h4-15H,16H2,1-3H3,(H,25,27). The Morgan fingerprint density at radius 2 is 1.46 bits per heavy atom. The van der Waals surface area contributed by atoms with Gasteiger partial charge in [-0.15, -0.1) is 0 Å². The molecule has 4 heteroatoms. The molecule has 142 valence electrons. The van der Waals surface area contributed by atoms with Crippen molar-refractivity contribution in [3.63, 3.8) is 0 Å². The second-order valence-electron chi connectivity index (χ2n) is 6.98. The van der Waals surface area contributed by atoms with E-state index in [-0.39, 0.29) is 11.8 Å². The molecule has 2 amide bonds. The van der Waals surface area contributed by atoms with Crippen LogP contribution in [0.15, 0.2) is 72.8 Å². The minimum absolute atomic E-state index is 0.0787. The van der Waals surface area contributed by atoms with Gasteiger partial charge in [-0.05, 0) is 66.9 Å². The summed E-state index contributed by atoms with van der Waals surface area (Å²) in [4.78, 5) is 26.7. The highest BCUT2D eigenvalue weighted by atomic mass is 16.2. The Morgan fingerprint density at radius 1 is 0.821 bits per heavy atom. The monoisotopic (exact) mass is 372 g/mol. The van der Waals surface area contributed by atoms with Crippen molar-refractivity contribution in [1.82, 2.24) is 4.90 Å². The normalized spacial score (nSPS) is 10.4. The predicted molar refractivity (Wildman–Crippen MR) is 113 cm³/mol. The Kier molecular flexibility index (Phi) is 5.90. The summed E-state index contributed by atoms with van der Waals surface area (Å²) >= 11 is 0. The van der Waals surface area contributed by atoms with Gasteiger partial charge >= 0.3 is 0 Å². The Bertz CT molecular complexity index is 979. The smallest absolute Gasteiger partial charge is 0.255 e. The number of benzene rings is 3. The molecule has 3 rings (SSSR count). The fraction of sp³-hybridized carbons (Fsp3) is 0.167. The van der Waals surface area contributed by atoms with Gasteiger partial charge in [0.1, 0.15) is 0 Å². The highest BCUT2D eigenvalue weighted by Gasteiger charge is 2.13. The lowest BCUT2D eigenvalue weighted by molar-refractivity contribution is 0.0784. The van der Waals surface area contributed by atoms with E-state index in [4.69, 9.17) is 0 Å². The van der Waals surface area contributed by atoms with E-state index in [2.05, 4.69) is 5.32 Å². The number of carbonyl (C=O) groups excluding carboxylic acids is 2. The molecule has 0 aromatic heterocycles. The van der Waals surface area contributed by atoms with Crippen LogP contribution in [0.1, 0.15) is 37.4 Å². The molecule has 0 saturated heterocycles.